The summed E-state index contributed by atoms with van der Waals surface area (Å²) < 4.78 is 59.9. The van der Waals surface area contributed by atoms with Crippen LogP contribution in [0.5, 0.6) is 5.75 Å². The summed E-state index contributed by atoms with van der Waals surface area (Å²) in [4.78, 5) is 17.9. The van der Waals surface area contributed by atoms with Crippen LogP contribution >= 0.6 is 0 Å². The lowest BCUT2D eigenvalue weighted by molar-refractivity contribution is -0.138. The number of methoxy groups -OCH3 is 1. The summed E-state index contributed by atoms with van der Waals surface area (Å²) in [6.07, 6.45) is -0.258. The minimum Gasteiger partial charge on any atom is -0.497 e. The van der Waals surface area contributed by atoms with Crippen LogP contribution in [0.1, 0.15) is 61.4 Å². The third-order valence-corrected chi connectivity index (χ3v) is 8.01. The zero-order valence-electron chi connectivity index (χ0n) is 22.7. The first-order valence-electron chi connectivity index (χ1n) is 13.8. The second-order valence-electron chi connectivity index (χ2n) is 10.7. The van der Waals surface area contributed by atoms with Crippen LogP contribution in [0.4, 0.5) is 17.6 Å². The van der Waals surface area contributed by atoms with Crippen LogP contribution < -0.4 is 4.74 Å². The largest absolute Gasteiger partial charge is 0.497 e. The summed E-state index contributed by atoms with van der Waals surface area (Å²) in [5, 5.41) is 10.0. The highest BCUT2D eigenvalue weighted by atomic mass is 19.4. The van der Waals surface area contributed by atoms with Crippen molar-refractivity contribution in [1.29, 1.82) is 0 Å². The fourth-order valence-corrected chi connectivity index (χ4v) is 5.85. The van der Waals surface area contributed by atoms with Crippen LogP contribution in [0.25, 0.3) is 10.9 Å². The number of benzene rings is 2. The third kappa shape index (κ3) is 7.93. The number of hydrogen-bond acceptors (Lipinski definition) is 4. The van der Waals surface area contributed by atoms with Crippen molar-refractivity contribution in [3.63, 3.8) is 0 Å². The number of halogens is 4. The Bertz CT molecular complexity index is 1280. The molecule has 4 rings (SSSR count). The number of hydrogen-bond donors (Lipinski definition) is 1. The molecule has 5 nitrogen and oxygen atoms in total. The molecule has 3 atom stereocenters. The van der Waals surface area contributed by atoms with Gasteiger partial charge in [-0.25, -0.2) is 4.39 Å². The van der Waals surface area contributed by atoms with Crippen LogP contribution in [0.2, 0.25) is 0 Å². The van der Waals surface area contributed by atoms with Gasteiger partial charge in [-0.1, -0.05) is 18.2 Å². The number of pyridine rings is 1. The molecule has 2 aromatic carbocycles. The van der Waals surface area contributed by atoms with Crippen molar-refractivity contribution in [1.82, 2.24) is 9.88 Å². The van der Waals surface area contributed by atoms with Gasteiger partial charge in [-0.15, -0.1) is 0 Å². The van der Waals surface area contributed by atoms with E-state index in [2.05, 4.69) is 9.88 Å². The van der Waals surface area contributed by atoms with E-state index in [-0.39, 0.29) is 18.3 Å². The molecule has 0 aliphatic carbocycles. The lowest BCUT2D eigenvalue weighted by atomic mass is 9.79. The van der Waals surface area contributed by atoms with E-state index in [9.17, 15) is 23.1 Å². The molecule has 0 saturated carbocycles. The molecule has 1 fully saturated rings. The predicted octanol–water partition coefficient (Wildman–Crippen LogP) is 7.49. The fraction of sp³-hybridized carbons (Fsp3) is 0.484. The summed E-state index contributed by atoms with van der Waals surface area (Å²) >= 11 is 0. The summed E-state index contributed by atoms with van der Waals surface area (Å²) in [5.41, 5.74) is 1.31. The summed E-state index contributed by atoms with van der Waals surface area (Å²) in [6, 6.07) is 12.6. The second kappa shape index (κ2) is 13.4. The molecule has 40 heavy (non-hydrogen) atoms. The number of carboxylic acid groups (broad SMARTS) is 1. The van der Waals surface area contributed by atoms with Gasteiger partial charge in [-0.3, -0.25) is 9.78 Å². The number of alkyl halides is 4. The summed E-state index contributed by atoms with van der Waals surface area (Å²) in [5.74, 6) is 0.129. The minimum atomic E-state index is -4.36. The van der Waals surface area contributed by atoms with E-state index in [1.807, 2.05) is 6.07 Å². The molecular formula is C31H36F4N2O3. The number of ether oxygens (including phenoxy) is 1. The first-order valence-corrected chi connectivity index (χ1v) is 13.8. The van der Waals surface area contributed by atoms with Gasteiger partial charge in [0.1, 0.15) is 11.9 Å². The highest BCUT2D eigenvalue weighted by molar-refractivity contribution is 5.83. The first-order chi connectivity index (χ1) is 19.1. The molecule has 2 heterocycles. The van der Waals surface area contributed by atoms with Gasteiger partial charge >= 0.3 is 12.1 Å². The van der Waals surface area contributed by atoms with Gasteiger partial charge in [0.25, 0.3) is 0 Å². The molecule has 1 aliphatic heterocycles. The number of aryl methyl sites for hydroxylation is 1. The monoisotopic (exact) mass is 560 g/mol. The molecule has 1 N–H and O–H groups in total. The standard InChI is InChI=1S/C31H36F4N2O3/c1-40-25-9-11-29-27(19-25)26(13-15-36-29)28(32)10-7-22-14-17-37(20-23(22)8-12-30(38)39)16-3-5-21-4-2-6-24(18-21)31(33,34)35/h2,4,6,9,11,13,15,18-19,22-23,28H,3,5,7-8,10,12,14,16-17,20H2,1H3,(H,38,39)/t22-,23-,28-/m1/s1. The Morgan fingerprint density at radius 2 is 1.98 bits per heavy atom. The Morgan fingerprint density at radius 3 is 2.73 bits per heavy atom. The first kappa shape index (κ1) is 29.8. The summed E-state index contributed by atoms with van der Waals surface area (Å²) in [7, 11) is 1.57. The zero-order valence-corrected chi connectivity index (χ0v) is 22.7. The molecular weight excluding hydrogens is 524 g/mol. The lowest BCUT2D eigenvalue weighted by Gasteiger charge is -2.39. The Balaban J connectivity index is 1.34. The van der Waals surface area contributed by atoms with E-state index in [1.165, 1.54) is 12.1 Å². The maximum atomic E-state index is 15.6. The van der Waals surface area contributed by atoms with Gasteiger partial charge in [-0.2, -0.15) is 13.2 Å². The number of aliphatic carboxylic acids is 1. The smallest absolute Gasteiger partial charge is 0.416 e. The van der Waals surface area contributed by atoms with Crippen molar-refractivity contribution in [2.75, 3.05) is 26.7 Å². The number of carboxylic acids is 1. The van der Waals surface area contributed by atoms with E-state index < -0.39 is 23.9 Å². The van der Waals surface area contributed by atoms with E-state index >= 15 is 4.39 Å². The van der Waals surface area contributed by atoms with Crippen molar-refractivity contribution < 1.29 is 32.2 Å². The Labute approximate surface area is 232 Å². The number of carbonyl (C=O) groups is 1. The van der Waals surface area contributed by atoms with Crippen LogP contribution in [0.3, 0.4) is 0 Å². The van der Waals surface area contributed by atoms with Gasteiger partial charge in [-0.05, 0) is 105 Å². The Morgan fingerprint density at radius 1 is 1.15 bits per heavy atom. The van der Waals surface area contributed by atoms with Gasteiger partial charge in [0.05, 0.1) is 18.2 Å². The number of rotatable bonds is 12. The maximum Gasteiger partial charge on any atom is 0.416 e. The van der Waals surface area contributed by atoms with Crippen LogP contribution in [0.15, 0.2) is 54.7 Å². The number of likely N-dealkylation sites (tertiary alicyclic amines) is 1. The van der Waals surface area contributed by atoms with Crippen molar-refractivity contribution >= 4 is 16.9 Å². The number of piperidine rings is 1. The zero-order chi connectivity index (χ0) is 28.7. The van der Waals surface area contributed by atoms with Gasteiger partial charge < -0.3 is 14.7 Å². The molecule has 0 bridgehead atoms. The molecule has 0 spiro atoms. The average molecular weight is 561 g/mol. The molecule has 9 heteroatoms. The quantitative estimate of drug-likeness (QED) is 0.233. The van der Waals surface area contributed by atoms with Crippen LogP contribution in [-0.2, 0) is 17.4 Å². The fourth-order valence-electron chi connectivity index (χ4n) is 5.85. The van der Waals surface area contributed by atoms with Gasteiger partial charge in [0.15, 0.2) is 0 Å². The molecule has 3 aromatic rings. The molecule has 0 unspecified atom stereocenters. The van der Waals surface area contributed by atoms with Crippen LogP contribution in [-0.4, -0.2) is 47.7 Å². The van der Waals surface area contributed by atoms with E-state index in [0.717, 1.165) is 31.0 Å². The van der Waals surface area contributed by atoms with Crippen molar-refractivity contribution in [2.45, 2.75) is 57.3 Å². The SMILES string of the molecule is COc1ccc2nccc([C@H](F)CC[C@@H]3CCN(CCCc4cccc(C(F)(F)F)c4)C[C@H]3CCC(=O)O)c2c1. The van der Waals surface area contributed by atoms with Crippen molar-refractivity contribution in [3.8, 4) is 5.75 Å². The second-order valence-corrected chi connectivity index (χ2v) is 10.7. The average Bonchev–Trinajstić information content (AvgIpc) is 2.94. The lowest BCUT2D eigenvalue weighted by Crippen LogP contribution is -2.41. The summed E-state index contributed by atoms with van der Waals surface area (Å²) in [6.45, 7) is 2.25. The molecule has 1 saturated heterocycles. The molecule has 216 valence electrons. The van der Waals surface area contributed by atoms with E-state index in [0.29, 0.717) is 61.0 Å². The topological polar surface area (TPSA) is 62.7 Å². The number of nitrogens with zero attached hydrogens (tertiary/aromatic N) is 2. The molecule has 0 radical (unpaired) electrons. The van der Waals surface area contributed by atoms with Gasteiger partial charge in [0.2, 0.25) is 0 Å². The number of fused-ring (bicyclic) bond motifs is 1. The highest BCUT2D eigenvalue weighted by Gasteiger charge is 2.31. The van der Waals surface area contributed by atoms with Gasteiger partial charge in [0, 0.05) is 24.5 Å². The highest BCUT2D eigenvalue weighted by Crippen LogP contribution is 2.37. The molecule has 1 aromatic heterocycles. The molecule has 1 aliphatic rings. The third-order valence-electron chi connectivity index (χ3n) is 8.01. The predicted molar refractivity (Wildman–Crippen MR) is 146 cm³/mol. The maximum absolute atomic E-state index is 15.6. The Kier molecular flexibility index (Phi) is 10.0. The number of aromatic nitrogens is 1. The van der Waals surface area contributed by atoms with Crippen LogP contribution in [0, 0.1) is 11.8 Å². The van der Waals surface area contributed by atoms with Crippen molar-refractivity contribution in [2.24, 2.45) is 11.8 Å². The van der Waals surface area contributed by atoms with E-state index in [1.54, 1.807) is 37.6 Å². The van der Waals surface area contributed by atoms with E-state index in [4.69, 9.17) is 4.74 Å². The Hall–Kier alpha value is -3.20. The van der Waals surface area contributed by atoms with Crippen molar-refractivity contribution in [3.05, 3.63) is 71.4 Å². The normalized spacial score (nSPS) is 19.0. The molecule has 0 amide bonds. The minimum absolute atomic E-state index is 0.0626.